The largest absolute Gasteiger partial charge is 0.411 e. The molecule has 0 saturated carbocycles. The monoisotopic (exact) mass is 364 g/mol. The van der Waals surface area contributed by atoms with Crippen LogP contribution in [0.15, 0.2) is 48.5 Å². The number of benzene rings is 2. The van der Waals surface area contributed by atoms with Crippen LogP contribution in [0.5, 0.6) is 0 Å². The molecule has 0 aromatic heterocycles. The second-order valence-corrected chi connectivity index (χ2v) is 6.11. The van der Waals surface area contributed by atoms with Crippen LogP contribution in [0.3, 0.4) is 0 Å². The molecule has 2 aromatic rings. The first-order chi connectivity index (χ1) is 12.4. The Bertz CT molecular complexity index is 760. The number of fused-ring (bicyclic) bond motifs is 1. The molecule has 2 amide bonds. The van der Waals surface area contributed by atoms with Crippen molar-refractivity contribution in [2.24, 2.45) is 0 Å². The first-order valence-corrected chi connectivity index (χ1v) is 8.28. The van der Waals surface area contributed by atoms with Gasteiger partial charge in [0.15, 0.2) is 0 Å². The summed E-state index contributed by atoms with van der Waals surface area (Å²) >= 11 is 0. The second-order valence-electron chi connectivity index (χ2n) is 6.11. The highest BCUT2D eigenvalue weighted by molar-refractivity contribution is 5.94. The van der Waals surface area contributed by atoms with Crippen LogP contribution in [0.1, 0.15) is 16.7 Å². The number of amides is 2. The molecule has 2 aromatic carbocycles. The molecule has 0 bridgehead atoms. The van der Waals surface area contributed by atoms with Gasteiger partial charge in [-0.3, -0.25) is 4.90 Å². The summed E-state index contributed by atoms with van der Waals surface area (Å²) in [4.78, 5) is 14.1. The second kappa shape index (κ2) is 7.78. The van der Waals surface area contributed by atoms with Crippen LogP contribution in [0.25, 0.3) is 0 Å². The Kier molecular flexibility index (Phi) is 5.46. The van der Waals surface area contributed by atoms with Crippen LogP contribution < -0.4 is 10.2 Å². The van der Waals surface area contributed by atoms with Crippen molar-refractivity contribution in [1.82, 2.24) is 5.32 Å². The number of carbonyl (C=O) groups is 1. The number of ether oxygens (including phenoxy) is 1. The summed E-state index contributed by atoms with van der Waals surface area (Å²) in [5.41, 5.74) is 3.61. The molecule has 138 valence electrons. The fraction of sp³-hybridized carbons (Fsp3) is 0.316. The zero-order valence-electron chi connectivity index (χ0n) is 14.1. The predicted octanol–water partition coefficient (Wildman–Crippen LogP) is 4.04. The molecule has 0 saturated heterocycles. The smallest absolute Gasteiger partial charge is 0.367 e. The molecule has 1 aliphatic heterocycles. The number of nitrogens with one attached hydrogen (secondary N) is 1. The molecular formula is C19H19F3N2O2. The highest BCUT2D eigenvalue weighted by atomic mass is 19.4. The third-order valence-electron chi connectivity index (χ3n) is 4.13. The number of carbonyl (C=O) groups excluding carboxylic acids is 1. The van der Waals surface area contributed by atoms with Crippen LogP contribution in [0.4, 0.5) is 23.7 Å². The summed E-state index contributed by atoms with van der Waals surface area (Å²) in [6, 6.07) is 14.6. The van der Waals surface area contributed by atoms with E-state index in [0.29, 0.717) is 18.7 Å². The summed E-state index contributed by atoms with van der Waals surface area (Å²) in [5.74, 6) is 0. The van der Waals surface area contributed by atoms with Gasteiger partial charge in [-0.15, -0.1) is 0 Å². The maximum absolute atomic E-state index is 12.4. The summed E-state index contributed by atoms with van der Waals surface area (Å²) in [7, 11) is 0. The number of para-hydroxylation sites is 1. The van der Waals surface area contributed by atoms with Crippen molar-refractivity contribution < 1.29 is 22.7 Å². The van der Waals surface area contributed by atoms with Gasteiger partial charge in [0.05, 0.1) is 6.61 Å². The van der Waals surface area contributed by atoms with Gasteiger partial charge in [-0.2, -0.15) is 13.2 Å². The van der Waals surface area contributed by atoms with E-state index in [4.69, 9.17) is 0 Å². The van der Waals surface area contributed by atoms with E-state index in [9.17, 15) is 18.0 Å². The topological polar surface area (TPSA) is 41.6 Å². The van der Waals surface area contributed by atoms with E-state index in [2.05, 4.69) is 10.1 Å². The highest BCUT2D eigenvalue weighted by Crippen LogP contribution is 2.27. The van der Waals surface area contributed by atoms with Gasteiger partial charge >= 0.3 is 12.2 Å². The molecule has 26 heavy (non-hydrogen) atoms. The Morgan fingerprint density at radius 3 is 2.50 bits per heavy atom. The van der Waals surface area contributed by atoms with E-state index in [1.807, 2.05) is 24.3 Å². The van der Waals surface area contributed by atoms with E-state index < -0.39 is 12.8 Å². The van der Waals surface area contributed by atoms with Crippen molar-refractivity contribution >= 4 is 11.7 Å². The molecule has 0 unspecified atom stereocenters. The predicted molar refractivity (Wildman–Crippen MR) is 91.9 cm³/mol. The zero-order valence-corrected chi connectivity index (χ0v) is 14.1. The minimum atomic E-state index is -4.32. The first-order valence-electron chi connectivity index (χ1n) is 8.28. The summed E-state index contributed by atoms with van der Waals surface area (Å²) < 4.78 is 40.8. The zero-order chi connectivity index (χ0) is 18.6. The van der Waals surface area contributed by atoms with Crippen LogP contribution >= 0.6 is 0 Å². The average molecular weight is 364 g/mol. The Balaban J connectivity index is 1.48. The van der Waals surface area contributed by atoms with Crippen LogP contribution in [-0.2, 0) is 24.3 Å². The Hall–Kier alpha value is -2.54. The van der Waals surface area contributed by atoms with Crippen molar-refractivity contribution in [3.8, 4) is 0 Å². The Morgan fingerprint density at radius 2 is 1.77 bits per heavy atom. The normalized spacial score (nSPS) is 13.6. The molecule has 0 spiro atoms. The molecule has 7 heteroatoms. The minimum absolute atomic E-state index is 0.100. The van der Waals surface area contributed by atoms with E-state index in [1.165, 1.54) is 0 Å². The molecule has 1 heterocycles. The number of halogens is 3. The number of hydrogen-bond acceptors (Lipinski definition) is 2. The lowest BCUT2D eigenvalue weighted by Crippen LogP contribution is -2.38. The van der Waals surface area contributed by atoms with Gasteiger partial charge in [0, 0.05) is 18.8 Å². The third kappa shape index (κ3) is 4.76. The van der Waals surface area contributed by atoms with E-state index in [-0.39, 0.29) is 12.6 Å². The van der Waals surface area contributed by atoms with Gasteiger partial charge in [0.25, 0.3) is 0 Å². The van der Waals surface area contributed by atoms with Gasteiger partial charge in [0.1, 0.15) is 6.61 Å². The molecule has 1 aliphatic rings. The van der Waals surface area contributed by atoms with Crippen molar-refractivity contribution in [2.45, 2.75) is 25.7 Å². The lowest BCUT2D eigenvalue weighted by molar-refractivity contribution is -0.176. The van der Waals surface area contributed by atoms with Crippen LogP contribution in [0.2, 0.25) is 0 Å². The average Bonchev–Trinajstić information content (AvgIpc) is 3.04. The summed E-state index contributed by atoms with van der Waals surface area (Å²) in [5, 5.41) is 2.87. The number of alkyl halides is 3. The SMILES string of the molecule is O=C(NCc1ccc(COCC(F)(F)F)cc1)N1CCc2ccccc21. The van der Waals surface area contributed by atoms with E-state index in [0.717, 1.165) is 23.2 Å². The number of urea groups is 1. The van der Waals surface area contributed by atoms with Gasteiger partial charge < -0.3 is 10.1 Å². The Labute approximate surface area is 149 Å². The maximum atomic E-state index is 12.4. The minimum Gasteiger partial charge on any atom is -0.367 e. The molecule has 0 radical (unpaired) electrons. The number of hydrogen-bond donors (Lipinski definition) is 1. The molecular weight excluding hydrogens is 345 g/mol. The number of rotatable bonds is 5. The van der Waals surface area contributed by atoms with Crippen molar-refractivity contribution in [1.29, 1.82) is 0 Å². The van der Waals surface area contributed by atoms with E-state index in [1.54, 1.807) is 29.2 Å². The number of anilines is 1. The van der Waals surface area contributed by atoms with Crippen molar-refractivity contribution in [3.05, 3.63) is 65.2 Å². The summed E-state index contributed by atoms with van der Waals surface area (Å²) in [6.07, 6.45) is -3.48. The van der Waals surface area contributed by atoms with Gasteiger partial charge in [0.2, 0.25) is 0 Å². The van der Waals surface area contributed by atoms with Crippen LogP contribution in [-0.4, -0.2) is 25.4 Å². The molecule has 0 atom stereocenters. The first kappa shape index (κ1) is 18.3. The fourth-order valence-electron chi connectivity index (χ4n) is 2.86. The summed E-state index contributed by atoms with van der Waals surface area (Å²) in [6.45, 7) is -0.360. The lowest BCUT2D eigenvalue weighted by Gasteiger charge is -2.18. The van der Waals surface area contributed by atoms with Gasteiger partial charge in [-0.05, 0) is 29.2 Å². The molecule has 1 N–H and O–H groups in total. The van der Waals surface area contributed by atoms with E-state index >= 15 is 0 Å². The van der Waals surface area contributed by atoms with Crippen molar-refractivity contribution in [2.75, 3.05) is 18.1 Å². The van der Waals surface area contributed by atoms with Gasteiger partial charge in [-0.25, -0.2) is 4.79 Å². The molecule has 4 nitrogen and oxygen atoms in total. The maximum Gasteiger partial charge on any atom is 0.411 e. The van der Waals surface area contributed by atoms with Crippen LogP contribution in [0, 0.1) is 0 Å². The fourth-order valence-corrected chi connectivity index (χ4v) is 2.86. The quantitative estimate of drug-likeness (QED) is 0.870. The standard InChI is InChI=1S/C19H19F3N2O2/c20-19(21,22)13-26-12-15-7-5-14(6-8-15)11-23-18(25)24-10-9-16-3-1-2-4-17(16)24/h1-8H,9-13H2,(H,23,25). The Morgan fingerprint density at radius 1 is 1.08 bits per heavy atom. The van der Waals surface area contributed by atoms with Crippen molar-refractivity contribution in [3.63, 3.8) is 0 Å². The third-order valence-corrected chi connectivity index (χ3v) is 4.13. The van der Waals surface area contributed by atoms with Gasteiger partial charge in [-0.1, -0.05) is 42.5 Å². The molecule has 3 rings (SSSR count). The lowest BCUT2D eigenvalue weighted by atomic mass is 10.1. The molecule has 0 fully saturated rings. The number of nitrogens with zero attached hydrogens (tertiary/aromatic N) is 1. The molecule has 0 aliphatic carbocycles. The highest BCUT2D eigenvalue weighted by Gasteiger charge is 2.27.